The summed E-state index contributed by atoms with van der Waals surface area (Å²) in [5.41, 5.74) is 0.779. The number of aliphatic hydroxyl groups excluding tert-OH is 1. The molecule has 1 aromatic rings. The van der Waals surface area contributed by atoms with Crippen LogP contribution in [0.1, 0.15) is 5.56 Å². The molecule has 1 aliphatic rings. The first-order valence-corrected chi connectivity index (χ1v) is 5.69. The zero-order valence-corrected chi connectivity index (χ0v) is 9.14. The minimum Gasteiger partial charge on any atom is -0.392 e. The first-order valence-electron chi connectivity index (χ1n) is 4.43. The second-order valence-electron chi connectivity index (χ2n) is 3.19. The monoisotopic (exact) mass is 230 g/mol. The molecule has 14 heavy (non-hydrogen) atoms. The van der Waals surface area contributed by atoms with Crippen LogP contribution in [0.2, 0.25) is 5.02 Å². The minimum atomic E-state index is -0.00365. The first-order chi connectivity index (χ1) is 6.79. The molecule has 1 aromatic carbocycles. The molecule has 2 rings (SSSR count). The van der Waals surface area contributed by atoms with E-state index >= 15 is 0 Å². The van der Waals surface area contributed by atoms with Crippen LogP contribution in [0.3, 0.4) is 0 Å². The van der Waals surface area contributed by atoms with E-state index in [1.54, 1.807) is 11.8 Å². The Balaban J connectivity index is 2.07. The molecule has 1 heterocycles. The van der Waals surface area contributed by atoms with E-state index in [0.717, 1.165) is 23.7 Å². The summed E-state index contributed by atoms with van der Waals surface area (Å²) in [7, 11) is 0. The van der Waals surface area contributed by atoms with Gasteiger partial charge < -0.3 is 9.84 Å². The van der Waals surface area contributed by atoms with Gasteiger partial charge >= 0.3 is 0 Å². The van der Waals surface area contributed by atoms with Crippen molar-refractivity contribution in [1.82, 2.24) is 0 Å². The molecule has 0 aliphatic carbocycles. The van der Waals surface area contributed by atoms with Crippen molar-refractivity contribution >= 4 is 23.4 Å². The van der Waals surface area contributed by atoms with Crippen LogP contribution in [0.4, 0.5) is 0 Å². The number of hydrogen-bond acceptors (Lipinski definition) is 3. The van der Waals surface area contributed by atoms with Gasteiger partial charge in [0.25, 0.3) is 0 Å². The molecule has 0 amide bonds. The zero-order valence-electron chi connectivity index (χ0n) is 7.57. The van der Waals surface area contributed by atoms with E-state index in [1.807, 2.05) is 18.2 Å². The van der Waals surface area contributed by atoms with E-state index in [4.69, 9.17) is 21.4 Å². The Kier molecular flexibility index (Phi) is 3.34. The summed E-state index contributed by atoms with van der Waals surface area (Å²) in [6.07, 6.45) is 0. The van der Waals surface area contributed by atoms with E-state index in [9.17, 15) is 0 Å². The second-order valence-corrected chi connectivity index (χ2v) is 4.97. The molecule has 1 aliphatic heterocycles. The molecule has 0 bridgehead atoms. The molecular formula is C10H11ClO2S. The van der Waals surface area contributed by atoms with Gasteiger partial charge in [-0.25, -0.2) is 0 Å². The van der Waals surface area contributed by atoms with Crippen LogP contribution >= 0.6 is 23.4 Å². The Bertz CT molecular complexity index is 326. The number of thioether (sulfide) groups is 1. The minimum absolute atomic E-state index is 0.00365. The van der Waals surface area contributed by atoms with Crippen LogP contribution in [0.15, 0.2) is 23.1 Å². The van der Waals surface area contributed by atoms with E-state index < -0.39 is 0 Å². The average Bonchev–Trinajstić information content (AvgIpc) is 2.12. The highest BCUT2D eigenvalue weighted by atomic mass is 35.5. The van der Waals surface area contributed by atoms with Crippen molar-refractivity contribution in [2.75, 3.05) is 13.2 Å². The summed E-state index contributed by atoms with van der Waals surface area (Å²) >= 11 is 7.74. The van der Waals surface area contributed by atoms with Crippen molar-refractivity contribution in [3.8, 4) is 0 Å². The summed E-state index contributed by atoms with van der Waals surface area (Å²) in [5.74, 6) is 0. The first kappa shape index (κ1) is 10.3. The fourth-order valence-electron chi connectivity index (χ4n) is 1.20. The number of benzene rings is 1. The predicted octanol–water partition coefficient (Wildman–Crippen LogP) is 2.32. The standard InChI is InChI=1S/C10H11ClO2S/c11-10-3-8(2-1-7(10)4-12)14-9-5-13-6-9/h1-3,9,12H,4-6H2. The van der Waals surface area contributed by atoms with Crippen LogP contribution in [0.5, 0.6) is 0 Å². The van der Waals surface area contributed by atoms with Gasteiger partial charge in [0.2, 0.25) is 0 Å². The quantitative estimate of drug-likeness (QED) is 0.864. The van der Waals surface area contributed by atoms with Crippen LogP contribution in [-0.4, -0.2) is 23.6 Å². The van der Waals surface area contributed by atoms with Gasteiger partial charge in [-0.3, -0.25) is 0 Å². The molecule has 0 atom stereocenters. The highest BCUT2D eigenvalue weighted by Gasteiger charge is 2.19. The predicted molar refractivity (Wildman–Crippen MR) is 57.8 cm³/mol. The van der Waals surface area contributed by atoms with E-state index in [2.05, 4.69) is 0 Å². The lowest BCUT2D eigenvalue weighted by atomic mass is 10.2. The Labute approximate surface area is 92.2 Å². The van der Waals surface area contributed by atoms with Gasteiger partial charge in [-0.1, -0.05) is 17.7 Å². The molecule has 0 spiro atoms. The molecule has 0 radical (unpaired) electrons. The van der Waals surface area contributed by atoms with Gasteiger partial charge in [-0.05, 0) is 17.7 Å². The van der Waals surface area contributed by atoms with E-state index in [0.29, 0.717) is 10.3 Å². The molecule has 1 N–H and O–H groups in total. The molecular weight excluding hydrogens is 220 g/mol. The van der Waals surface area contributed by atoms with Gasteiger partial charge in [-0.15, -0.1) is 11.8 Å². The Morgan fingerprint density at radius 2 is 2.29 bits per heavy atom. The maximum Gasteiger partial charge on any atom is 0.0696 e. The maximum absolute atomic E-state index is 8.94. The topological polar surface area (TPSA) is 29.5 Å². The number of halogens is 1. The lowest BCUT2D eigenvalue weighted by Gasteiger charge is -2.25. The van der Waals surface area contributed by atoms with Gasteiger partial charge in [-0.2, -0.15) is 0 Å². The van der Waals surface area contributed by atoms with Crippen molar-refractivity contribution < 1.29 is 9.84 Å². The van der Waals surface area contributed by atoms with E-state index in [1.165, 1.54) is 0 Å². The number of rotatable bonds is 3. The van der Waals surface area contributed by atoms with Crippen molar-refractivity contribution in [3.05, 3.63) is 28.8 Å². The fourth-order valence-corrected chi connectivity index (χ4v) is 2.56. The molecule has 0 saturated carbocycles. The Morgan fingerprint density at radius 1 is 1.50 bits per heavy atom. The summed E-state index contributed by atoms with van der Waals surface area (Å²) < 4.78 is 5.09. The van der Waals surface area contributed by atoms with E-state index in [-0.39, 0.29) is 6.61 Å². The van der Waals surface area contributed by atoms with Crippen LogP contribution in [0, 0.1) is 0 Å². The summed E-state index contributed by atoms with van der Waals surface area (Å²) in [5, 5.41) is 10.1. The molecule has 4 heteroatoms. The number of aliphatic hydroxyl groups is 1. The van der Waals surface area contributed by atoms with Crippen LogP contribution < -0.4 is 0 Å². The third-order valence-electron chi connectivity index (χ3n) is 2.11. The normalized spacial score (nSPS) is 16.7. The zero-order chi connectivity index (χ0) is 9.97. The molecule has 76 valence electrons. The Morgan fingerprint density at radius 3 is 2.79 bits per heavy atom. The highest BCUT2D eigenvalue weighted by Crippen LogP contribution is 2.30. The summed E-state index contributed by atoms with van der Waals surface area (Å²) in [6, 6.07) is 5.75. The van der Waals surface area contributed by atoms with Gasteiger partial charge in [0.1, 0.15) is 0 Å². The maximum atomic E-state index is 8.94. The molecule has 0 aromatic heterocycles. The molecule has 2 nitrogen and oxygen atoms in total. The average molecular weight is 231 g/mol. The molecule has 1 saturated heterocycles. The lowest BCUT2D eigenvalue weighted by molar-refractivity contribution is 0.0455. The molecule has 1 fully saturated rings. The van der Waals surface area contributed by atoms with Crippen molar-refractivity contribution in [3.63, 3.8) is 0 Å². The third-order valence-corrected chi connectivity index (χ3v) is 3.59. The highest BCUT2D eigenvalue weighted by molar-refractivity contribution is 8.00. The van der Waals surface area contributed by atoms with Gasteiger partial charge in [0.05, 0.1) is 25.1 Å². The van der Waals surface area contributed by atoms with Gasteiger partial charge in [0.15, 0.2) is 0 Å². The third kappa shape index (κ3) is 2.23. The van der Waals surface area contributed by atoms with Crippen molar-refractivity contribution in [2.24, 2.45) is 0 Å². The van der Waals surface area contributed by atoms with Crippen molar-refractivity contribution in [2.45, 2.75) is 16.8 Å². The van der Waals surface area contributed by atoms with Crippen LogP contribution in [-0.2, 0) is 11.3 Å². The van der Waals surface area contributed by atoms with Crippen molar-refractivity contribution in [1.29, 1.82) is 0 Å². The number of ether oxygens (including phenoxy) is 1. The fraction of sp³-hybridized carbons (Fsp3) is 0.400. The Hall–Kier alpha value is -0.220. The number of hydrogen-bond donors (Lipinski definition) is 1. The SMILES string of the molecule is OCc1ccc(SC2COC2)cc1Cl. The van der Waals surface area contributed by atoms with Gasteiger partial charge in [0, 0.05) is 9.92 Å². The summed E-state index contributed by atoms with van der Waals surface area (Å²) in [6.45, 7) is 1.64. The van der Waals surface area contributed by atoms with Crippen LogP contribution in [0.25, 0.3) is 0 Å². The largest absolute Gasteiger partial charge is 0.392 e. The summed E-state index contributed by atoms with van der Waals surface area (Å²) in [4.78, 5) is 1.14. The second kappa shape index (κ2) is 4.53. The smallest absolute Gasteiger partial charge is 0.0696 e. The molecule has 0 unspecified atom stereocenters. The lowest BCUT2D eigenvalue weighted by Crippen LogP contribution is -2.29.